The lowest BCUT2D eigenvalue weighted by Gasteiger charge is -2.39. The molecule has 264 valence electrons. The largest absolute Gasteiger partial charge is 0.507 e. The molecule has 2 aromatic carbocycles. The van der Waals surface area contributed by atoms with Gasteiger partial charge in [-0.1, -0.05) is 0 Å². The van der Waals surface area contributed by atoms with Crippen molar-refractivity contribution in [3.05, 3.63) is 52.7 Å². The zero-order chi connectivity index (χ0) is 35.7. The van der Waals surface area contributed by atoms with Gasteiger partial charge >= 0.3 is 17.9 Å². The van der Waals surface area contributed by atoms with Crippen molar-refractivity contribution < 1.29 is 88.4 Å². The molecule has 9 N–H and O–H groups in total. The molecule has 5 unspecified atom stereocenters. The van der Waals surface area contributed by atoms with Crippen LogP contribution >= 0.6 is 0 Å². The van der Waals surface area contributed by atoms with Gasteiger partial charge in [-0.05, 0) is 24.3 Å². The summed E-state index contributed by atoms with van der Waals surface area (Å²) < 4.78 is 32.1. The molecular formula is C30H30O19. The first kappa shape index (κ1) is 35.4. The number of rotatable bonds is 10. The van der Waals surface area contributed by atoms with Crippen LogP contribution in [-0.2, 0) is 28.6 Å². The molecule has 2 aliphatic heterocycles. The minimum Gasteiger partial charge on any atom is -0.507 e. The van der Waals surface area contributed by atoms with Crippen LogP contribution in [0, 0.1) is 0 Å². The molecule has 1 aromatic heterocycles. The van der Waals surface area contributed by atoms with Gasteiger partial charge in [-0.25, -0.2) is 4.79 Å². The molecule has 19 nitrogen and oxygen atoms in total. The predicted molar refractivity (Wildman–Crippen MR) is 155 cm³/mol. The number of carbonyl (C=O) groups excluding carboxylic acids is 1. The fourth-order valence-corrected chi connectivity index (χ4v) is 5.07. The Morgan fingerprint density at radius 2 is 1.35 bits per heavy atom. The minimum absolute atomic E-state index is 0.0187. The second-order valence-corrected chi connectivity index (χ2v) is 11.1. The monoisotopic (exact) mass is 694 g/mol. The maximum atomic E-state index is 12.9. The van der Waals surface area contributed by atoms with Gasteiger partial charge in [0.15, 0.2) is 11.5 Å². The second kappa shape index (κ2) is 14.3. The predicted octanol–water partition coefficient (Wildman–Crippen LogP) is -2.36. The van der Waals surface area contributed by atoms with Gasteiger partial charge in [0.05, 0.1) is 0 Å². The third-order valence-electron chi connectivity index (χ3n) is 7.61. The molecule has 0 radical (unpaired) electrons. The van der Waals surface area contributed by atoms with Crippen molar-refractivity contribution in [3.63, 3.8) is 0 Å². The summed E-state index contributed by atoms with van der Waals surface area (Å²) >= 11 is 0. The number of aliphatic carboxylic acids is 2. The van der Waals surface area contributed by atoms with E-state index in [0.29, 0.717) is 5.56 Å². The number of hydrogen-bond donors (Lipinski definition) is 9. The lowest BCUT2D eigenvalue weighted by atomic mass is 9.99. The smallest absolute Gasteiger partial charge is 0.335 e. The number of hydrogen-bond acceptors (Lipinski definition) is 17. The molecule has 10 atom stereocenters. The van der Waals surface area contributed by atoms with Gasteiger partial charge in [-0.2, -0.15) is 0 Å². The van der Waals surface area contributed by atoms with Crippen LogP contribution in [0.4, 0.5) is 0 Å². The number of esters is 1. The number of phenols is 1. The fourth-order valence-electron chi connectivity index (χ4n) is 5.07. The van der Waals surface area contributed by atoms with Gasteiger partial charge in [0.25, 0.3) is 0 Å². The zero-order valence-electron chi connectivity index (χ0n) is 24.8. The van der Waals surface area contributed by atoms with Crippen molar-refractivity contribution in [1.82, 2.24) is 0 Å². The molecule has 0 amide bonds. The molecule has 5 rings (SSSR count). The Labute approximate surface area is 273 Å². The molecule has 2 aliphatic rings. The van der Waals surface area contributed by atoms with Gasteiger partial charge in [-0.15, -0.1) is 0 Å². The number of fused-ring (bicyclic) bond motifs is 1. The van der Waals surface area contributed by atoms with E-state index < -0.39 is 104 Å². The van der Waals surface area contributed by atoms with Crippen molar-refractivity contribution in [2.75, 3.05) is 6.61 Å². The van der Waals surface area contributed by atoms with E-state index in [1.165, 1.54) is 24.3 Å². The second-order valence-electron chi connectivity index (χ2n) is 11.1. The van der Waals surface area contributed by atoms with Crippen molar-refractivity contribution in [2.45, 2.75) is 67.8 Å². The van der Waals surface area contributed by atoms with Crippen LogP contribution in [-0.4, -0.2) is 132 Å². The van der Waals surface area contributed by atoms with E-state index in [9.17, 15) is 60.0 Å². The van der Waals surface area contributed by atoms with E-state index in [0.717, 1.165) is 18.2 Å². The molecule has 2 saturated heterocycles. The van der Waals surface area contributed by atoms with Crippen LogP contribution in [0.5, 0.6) is 17.2 Å². The average molecular weight is 695 g/mol. The Morgan fingerprint density at radius 3 is 1.98 bits per heavy atom. The molecule has 19 heteroatoms. The standard InChI is InChI=1S/C30H30O19/c31-13-5-12(46-30-26(41)23(38)24(39)27(49-30)28(42)43)6-16-20(13)14(32)7-15(47-16)10-1-3-11(4-2-10)45-29-25(40)22(37)21(36)17(48-29)9-44-19(35)8-18(33)34/h1-7,17,21-27,29-31,36-41H,8-9H2,(H,33,34)(H,42,43)/t17?,21-,22?,23?,24+,25?,26?,27-,29-,30-/m1/s1. The number of carbonyl (C=O) groups is 3. The van der Waals surface area contributed by atoms with Gasteiger partial charge < -0.3 is 74.1 Å². The number of phenolic OH excluding ortho intramolecular Hbond substituents is 1. The molecule has 3 aromatic rings. The van der Waals surface area contributed by atoms with Crippen LogP contribution in [0.3, 0.4) is 0 Å². The first-order valence-electron chi connectivity index (χ1n) is 14.4. The highest BCUT2D eigenvalue weighted by Crippen LogP contribution is 2.34. The Bertz CT molecular complexity index is 1750. The molecule has 0 bridgehead atoms. The zero-order valence-corrected chi connectivity index (χ0v) is 24.8. The maximum Gasteiger partial charge on any atom is 0.335 e. The SMILES string of the molecule is O=C(O)CC(=O)OCC1O[C@@H](Oc2ccc(-c3cc(=O)c4c(O)cc(O[C@@H]5O[C@@H](C(=O)O)[C@@H](O)C(O)C5O)cc4o3)cc2)C(O)C(O)[C@@H]1O. The van der Waals surface area contributed by atoms with Crippen LogP contribution in [0.15, 0.2) is 51.7 Å². The lowest BCUT2D eigenvalue weighted by Crippen LogP contribution is -2.61. The van der Waals surface area contributed by atoms with Crippen LogP contribution in [0.1, 0.15) is 6.42 Å². The quantitative estimate of drug-likeness (QED) is 0.0792. The van der Waals surface area contributed by atoms with E-state index in [1.54, 1.807) is 0 Å². The van der Waals surface area contributed by atoms with Crippen molar-refractivity contribution >= 4 is 28.9 Å². The van der Waals surface area contributed by atoms with Gasteiger partial charge in [0.2, 0.25) is 12.6 Å². The van der Waals surface area contributed by atoms with Crippen LogP contribution in [0.25, 0.3) is 22.3 Å². The topological polar surface area (TPSA) is 310 Å². The number of aromatic hydroxyl groups is 1. The number of ether oxygens (including phenoxy) is 5. The first-order chi connectivity index (χ1) is 23.1. The molecule has 0 saturated carbocycles. The Kier molecular flexibility index (Phi) is 10.4. The highest BCUT2D eigenvalue weighted by Gasteiger charge is 2.48. The summed E-state index contributed by atoms with van der Waals surface area (Å²) in [6, 6.07) is 8.77. The van der Waals surface area contributed by atoms with Gasteiger partial charge in [0.1, 0.15) is 89.7 Å². The molecular weight excluding hydrogens is 664 g/mol. The minimum atomic E-state index is -1.96. The third-order valence-corrected chi connectivity index (χ3v) is 7.61. The average Bonchev–Trinajstić information content (AvgIpc) is 3.04. The fraction of sp³-hybridized carbons (Fsp3) is 0.400. The summed E-state index contributed by atoms with van der Waals surface area (Å²) in [6.07, 6.45) is -18.7. The summed E-state index contributed by atoms with van der Waals surface area (Å²) in [7, 11) is 0. The van der Waals surface area contributed by atoms with Crippen molar-refractivity contribution in [3.8, 4) is 28.6 Å². The number of aliphatic hydroxyl groups excluding tert-OH is 6. The highest BCUT2D eigenvalue weighted by molar-refractivity contribution is 5.90. The number of aliphatic hydroxyl groups is 6. The Balaban J connectivity index is 1.32. The van der Waals surface area contributed by atoms with E-state index in [4.69, 9.17) is 33.2 Å². The third kappa shape index (κ3) is 7.58. The van der Waals surface area contributed by atoms with Gasteiger partial charge in [0, 0.05) is 23.8 Å². The number of benzene rings is 2. The molecule has 0 spiro atoms. The maximum absolute atomic E-state index is 12.9. The summed E-state index contributed by atoms with van der Waals surface area (Å²) in [5.74, 6) is -5.03. The summed E-state index contributed by atoms with van der Waals surface area (Å²) in [5, 5.41) is 89.2. The Hall–Kier alpha value is -4.86. The van der Waals surface area contributed by atoms with Crippen LogP contribution < -0.4 is 14.9 Å². The molecule has 3 heterocycles. The van der Waals surface area contributed by atoms with E-state index in [1.807, 2.05) is 0 Å². The molecule has 2 fully saturated rings. The number of carboxylic acids is 2. The van der Waals surface area contributed by atoms with E-state index >= 15 is 0 Å². The summed E-state index contributed by atoms with van der Waals surface area (Å²) in [6.45, 7) is -0.651. The van der Waals surface area contributed by atoms with Gasteiger partial charge in [-0.3, -0.25) is 14.4 Å². The summed E-state index contributed by atoms with van der Waals surface area (Å²) in [5.41, 5.74) is -0.589. The lowest BCUT2D eigenvalue weighted by molar-refractivity contribution is -0.278. The van der Waals surface area contributed by atoms with Crippen molar-refractivity contribution in [1.29, 1.82) is 0 Å². The first-order valence-corrected chi connectivity index (χ1v) is 14.4. The molecule has 49 heavy (non-hydrogen) atoms. The number of carboxylic acid groups (broad SMARTS) is 2. The summed E-state index contributed by atoms with van der Waals surface area (Å²) in [4.78, 5) is 46.5. The van der Waals surface area contributed by atoms with E-state index in [2.05, 4.69) is 0 Å². The highest BCUT2D eigenvalue weighted by atomic mass is 16.7. The van der Waals surface area contributed by atoms with Crippen molar-refractivity contribution in [2.24, 2.45) is 0 Å². The normalized spacial score (nSPS) is 30.0. The molecule has 0 aliphatic carbocycles. The Morgan fingerprint density at radius 1 is 0.735 bits per heavy atom. The van der Waals surface area contributed by atoms with Crippen LogP contribution in [0.2, 0.25) is 0 Å². The van der Waals surface area contributed by atoms with E-state index in [-0.39, 0.29) is 28.2 Å².